The SMILES string of the molecule is Cc1nn(C)c(C)c1CC(=O)Nc1cnn(C(C)(C)C(=O)O)c1. The van der Waals surface area contributed by atoms with Crippen molar-refractivity contribution in [3.8, 4) is 0 Å². The zero-order valence-corrected chi connectivity index (χ0v) is 13.9. The number of rotatable bonds is 5. The van der Waals surface area contributed by atoms with E-state index in [1.54, 1.807) is 4.68 Å². The molecule has 2 aromatic rings. The van der Waals surface area contributed by atoms with Crippen LogP contribution in [0.5, 0.6) is 0 Å². The molecule has 0 aliphatic carbocycles. The monoisotopic (exact) mass is 319 g/mol. The van der Waals surface area contributed by atoms with Crippen LogP contribution in [0.2, 0.25) is 0 Å². The second-order valence-corrected chi connectivity index (χ2v) is 6.04. The summed E-state index contributed by atoms with van der Waals surface area (Å²) >= 11 is 0. The third-order valence-electron chi connectivity index (χ3n) is 3.96. The molecule has 0 bridgehead atoms. The number of hydrogen-bond donors (Lipinski definition) is 2. The zero-order chi connectivity index (χ0) is 17.4. The molecule has 124 valence electrons. The smallest absolute Gasteiger partial charge is 0.331 e. The molecule has 2 rings (SSSR count). The molecule has 8 heteroatoms. The van der Waals surface area contributed by atoms with Gasteiger partial charge in [-0.3, -0.25) is 14.2 Å². The predicted molar refractivity (Wildman–Crippen MR) is 84.2 cm³/mol. The Morgan fingerprint density at radius 1 is 1.35 bits per heavy atom. The lowest BCUT2D eigenvalue weighted by atomic mass is 10.1. The summed E-state index contributed by atoms with van der Waals surface area (Å²) in [6, 6.07) is 0. The van der Waals surface area contributed by atoms with Crippen molar-refractivity contribution in [2.75, 3.05) is 5.32 Å². The number of nitrogens with zero attached hydrogens (tertiary/aromatic N) is 4. The van der Waals surface area contributed by atoms with Crippen LogP contribution in [0, 0.1) is 13.8 Å². The summed E-state index contributed by atoms with van der Waals surface area (Å²) in [4.78, 5) is 23.4. The first kappa shape index (κ1) is 16.7. The summed E-state index contributed by atoms with van der Waals surface area (Å²) in [6.07, 6.45) is 3.15. The fourth-order valence-electron chi connectivity index (χ4n) is 2.23. The van der Waals surface area contributed by atoms with Gasteiger partial charge in [-0.05, 0) is 27.7 Å². The number of carbonyl (C=O) groups is 2. The molecule has 0 atom stereocenters. The molecule has 0 fully saturated rings. The van der Waals surface area contributed by atoms with Crippen LogP contribution in [-0.4, -0.2) is 36.5 Å². The average Bonchev–Trinajstić information content (AvgIpc) is 3.00. The fourth-order valence-corrected chi connectivity index (χ4v) is 2.23. The van der Waals surface area contributed by atoms with Gasteiger partial charge in [0.05, 0.1) is 24.0 Å². The van der Waals surface area contributed by atoms with Gasteiger partial charge in [0.25, 0.3) is 0 Å². The quantitative estimate of drug-likeness (QED) is 0.863. The number of carboxylic acid groups (broad SMARTS) is 1. The summed E-state index contributed by atoms with van der Waals surface area (Å²) in [6.45, 7) is 6.85. The highest BCUT2D eigenvalue weighted by Gasteiger charge is 2.30. The van der Waals surface area contributed by atoms with Gasteiger partial charge in [0.1, 0.15) is 0 Å². The van der Waals surface area contributed by atoms with Gasteiger partial charge >= 0.3 is 5.97 Å². The highest BCUT2D eigenvalue weighted by atomic mass is 16.4. The van der Waals surface area contributed by atoms with Gasteiger partial charge in [0, 0.05) is 24.5 Å². The van der Waals surface area contributed by atoms with Crippen LogP contribution >= 0.6 is 0 Å². The topological polar surface area (TPSA) is 102 Å². The second-order valence-electron chi connectivity index (χ2n) is 6.04. The summed E-state index contributed by atoms with van der Waals surface area (Å²) in [7, 11) is 1.84. The summed E-state index contributed by atoms with van der Waals surface area (Å²) in [5, 5.41) is 20.2. The van der Waals surface area contributed by atoms with E-state index < -0.39 is 11.5 Å². The van der Waals surface area contributed by atoms with Crippen molar-refractivity contribution in [3.63, 3.8) is 0 Å². The Balaban J connectivity index is 2.10. The molecule has 2 heterocycles. The molecule has 0 aromatic carbocycles. The van der Waals surface area contributed by atoms with Crippen LogP contribution in [0.4, 0.5) is 5.69 Å². The van der Waals surface area contributed by atoms with E-state index in [0.29, 0.717) is 5.69 Å². The number of carbonyl (C=O) groups excluding carboxylic acids is 1. The molecule has 2 N–H and O–H groups in total. The third kappa shape index (κ3) is 3.25. The van der Waals surface area contributed by atoms with Gasteiger partial charge in [-0.1, -0.05) is 0 Å². The van der Waals surface area contributed by atoms with E-state index in [2.05, 4.69) is 15.5 Å². The molecule has 0 unspecified atom stereocenters. The number of anilines is 1. The highest BCUT2D eigenvalue weighted by Crippen LogP contribution is 2.18. The first-order chi connectivity index (χ1) is 10.6. The minimum atomic E-state index is -1.18. The standard InChI is InChI=1S/C15H21N5O3/c1-9-12(10(2)19(5)18-9)6-13(21)17-11-7-16-20(8-11)15(3,4)14(22)23/h7-8H,6H2,1-5H3,(H,17,21)(H,22,23). The van der Waals surface area contributed by atoms with E-state index in [9.17, 15) is 14.7 Å². The molecular formula is C15H21N5O3. The van der Waals surface area contributed by atoms with Crippen LogP contribution in [0.15, 0.2) is 12.4 Å². The summed E-state index contributed by atoms with van der Waals surface area (Å²) in [5.74, 6) is -1.20. The Morgan fingerprint density at radius 2 is 2.00 bits per heavy atom. The van der Waals surface area contributed by atoms with Crippen LogP contribution in [0.25, 0.3) is 0 Å². The van der Waals surface area contributed by atoms with Crippen LogP contribution < -0.4 is 5.32 Å². The van der Waals surface area contributed by atoms with Crippen molar-refractivity contribution in [1.82, 2.24) is 19.6 Å². The van der Waals surface area contributed by atoms with Crippen LogP contribution in [-0.2, 0) is 28.6 Å². The van der Waals surface area contributed by atoms with Crippen LogP contribution in [0.1, 0.15) is 30.8 Å². The highest BCUT2D eigenvalue weighted by molar-refractivity contribution is 5.92. The van der Waals surface area contributed by atoms with Crippen molar-refractivity contribution >= 4 is 17.6 Å². The van der Waals surface area contributed by atoms with Gasteiger partial charge < -0.3 is 10.4 Å². The van der Waals surface area contributed by atoms with Crippen molar-refractivity contribution < 1.29 is 14.7 Å². The van der Waals surface area contributed by atoms with E-state index >= 15 is 0 Å². The minimum absolute atomic E-state index is 0.197. The predicted octanol–water partition coefficient (Wildman–Crippen LogP) is 1.23. The Bertz CT molecular complexity index is 757. The molecular weight excluding hydrogens is 298 g/mol. The Labute approximate surface area is 134 Å². The molecule has 0 saturated heterocycles. The van der Waals surface area contributed by atoms with Crippen LogP contribution in [0.3, 0.4) is 0 Å². The normalized spacial score (nSPS) is 11.5. The van der Waals surface area contributed by atoms with E-state index in [1.165, 1.54) is 30.9 Å². The number of hydrogen-bond acceptors (Lipinski definition) is 4. The number of amides is 1. The molecule has 0 spiro atoms. The number of carboxylic acids is 1. The van der Waals surface area contributed by atoms with E-state index in [-0.39, 0.29) is 12.3 Å². The maximum Gasteiger partial charge on any atom is 0.331 e. The first-order valence-electron chi connectivity index (χ1n) is 7.20. The van der Waals surface area contributed by atoms with Gasteiger partial charge in [0.2, 0.25) is 5.91 Å². The molecule has 2 aromatic heterocycles. The van der Waals surface area contributed by atoms with E-state index in [0.717, 1.165) is 17.0 Å². The molecule has 0 saturated carbocycles. The lowest BCUT2D eigenvalue weighted by Crippen LogP contribution is -2.35. The zero-order valence-electron chi connectivity index (χ0n) is 13.9. The Morgan fingerprint density at radius 3 is 2.52 bits per heavy atom. The molecule has 8 nitrogen and oxygen atoms in total. The van der Waals surface area contributed by atoms with Gasteiger partial charge in [-0.15, -0.1) is 0 Å². The van der Waals surface area contributed by atoms with Gasteiger partial charge in [-0.2, -0.15) is 10.2 Å². The second kappa shape index (κ2) is 5.86. The van der Waals surface area contributed by atoms with Gasteiger partial charge in [0.15, 0.2) is 5.54 Å². The van der Waals surface area contributed by atoms with Crippen molar-refractivity contribution in [1.29, 1.82) is 0 Å². The van der Waals surface area contributed by atoms with Crippen molar-refractivity contribution in [3.05, 3.63) is 29.3 Å². The Kier molecular flexibility index (Phi) is 4.26. The van der Waals surface area contributed by atoms with Crippen molar-refractivity contribution in [2.45, 2.75) is 39.7 Å². The lowest BCUT2D eigenvalue weighted by Gasteiger charge is -2.19. The average molecular weight is 319 g/mol. The molecule has 0 radical (unpaired) electrons. The molecule has 0 aliphatic heterocycles. The molecule has 0 aliphatic rings. The fraction of sp³-hybridized carbons (Fsp3) is 0.467. The minimum Gasteiger partial charge on any atom is -0.479 e. The number of nitrogens with one attached hydrogen (secondary N) is 1. The molecule has 23 heavy (non-hydrogen) atoms. The van der Waals surface area contributed by atoms with Gasteiger partial charge in [-0.25, -0.2) is 4.79 Å². The summed E-state index contributed by atoms with van der Waals surface area (Å²) < 4.78 is 3.05. The number of aromatic nitrogens is 4. The third-order valence-corrected chi connectivity index (χ3v) is 3.96. The first-order valence-corrected chi connectivity index (χ1v) is 7.20. The van der Waals surface area contributed by atoms with Crippen molar-refractivity contribution in [2.24, 2.45) is 7.05 Å². The maximum absolute atomic E-state index is 12.2. The number of aryl methyl sites for hydroxylation is 2. The number of aliphatic carboxylic acids is 1. The van der Waals surface area contributed by atoms with E-state index in [4.69, 9.17) is 0 Å². The Hall–Kier alpha value is -2.64. The lowest BCUT2D eigenvalue weighted by molar-refractivity contribution is -0.146. The molecule has 1 amide bonds. The largest absolute Gasteiger partial charge is 0.479 e. The maximum atomic E-state index is 12.2. The van der Waals surface area contributed by atoms with E-state index in [1.807, 2.05) is 20.9 Å². The summed E-state index contributed by atoms with van der Waals surface area (Å²) in [5.41, 5.74) is 1.94.